The molecule has 4 heterocycles. The Kier molecular flexibility index (Phi) is 2.08. The molecule has 2 aromatic rings. The van der Waals surface area contributed by atoms with Gasteiger partial charge in [0.25, 0.3) is 0 Å². The molecule has 2 unspecified atom stereocenters. The molecule has 2 saturated heterocycles. The van der Waals surface area contributed by atoms with Gasteiger partial charge in [0.1, 0.15) is 11.4 Å². The van der Waals surface area contributed by atoms with Crippen LogP contribution < -0.4 is 4.90 Å². The quantitative estimate of drug-likeness (QED) is 0.842. The van der Waals surface area contributed by atoms with E-state index in [2.05, 4.69) is 15.0 Å². The molecule has 0 aromatic carbocycles. The van der Waals surface area contributed by atoms with Crippen LogP contribution in [0.25, 0.3) is 5.65 Å². The van der Waals surface area contributed by atoms with Crippen LogP contribution in [0.4, 0.5) is 5.82 Å². The predicted molar refractivity (Wildman–Crippen MR) is 65.4 cm³/mol. The van der Waals surface area contributed by atoms with Gasteiger partial charge in [-0.05, 0) is 12.5 Å². The first kappa shape index (κ1) is 10.7. The topological polar surface area (TPSA) is 80.0 Å². The SMILES string of the molecule is O=C(O)c1cnn2ccc(N3CC4CC3CO4)nc12. The highest BCUT2D eigenvalue weighted by molar-refractivity contribution is 5.94. The molecule has 2 atom stereocenters. The van der Waals surface area contributed by atoms with Crippen LogP contribution in [0.5, 0.6) is 0 Å². The summed E-state index contributed by atoms with van der Waals surface area (Å²) in [5, 5.41) is 13.1. The number of aromatic nitrogens is 3. The number of carboxylic acids is 1. The van der Waals surface area contributed by atoms with Gasteiger partial charge in [0.05, 0.1) is 24.9 Å². The van der Waals surface area contributed by atoms with E-state index in [4.69, 9.17) is 9.84 Å². The number of ether oxygens (including phenoxy) is 1. The lowest BCUT2D eigenvalue weighted by molar-refractivity contribution is 0.0698. The predicted octanol–water partition coefficient (Wildman–Crippen LogP) is 0.405. The molecule has 0 radical (unpaired) electrons. The minimum atomic E-state index is -1.01. The van der Waals surface area contributed by atoms with Crippen molar-refractivity contribution in [2.24, 2.45) is 0 Å². The van der Waals surface area contributed by atoms with Gasteiger partial charge in [0.15, 0.2) is 5.65 Å². The highest BCUT2D eigenvalue weighted by atomic mass is 16.5. The van der Waals surface area contributed by atoms with E-state index in [0.29, 0.717) is 11.7 Å². The third-order valence-electron chi connectivity index (χ3n) is 3.78. The van der Waals surface area contributed by atoms with Crippen molar-refractivity contribution in [3.63, 3.8) is 0 Å². The van der Waals surface area contributed by atoms with Crippen LogP contribution in [0.3, 0.4) is 0 Å². The van der Waals surface area contributed by atoms with Crippen molar-refractivity contribution >= 4 is 17.4 Å². The average molecular weight is 260 g/mol. The lowest BCUT2D eigenvalue weighted by Crippen LogP contribution is -2.37. The Morgan fingerprint density at radius 3 is 3.11 bits per heavy atom. The molecular weight excluding hydrogens is 248 g/mol. The molecule has 2 aliphatic rings. The molecule has 2 fully saturated rings. The van der Waals surface area contributed by atoms with Crippen molar-refractivity contribution < 1.29 is 14.6 Å². The van der Waals surface area contributed by atoms with Crippen LogP contribution in [-0.4, -0.2) is 51.0 Å². The second-order valence-electron chi connectivity index (χ2n) is 4.91. The highest BCUT2D eigenvalue weighted by Gasteiger charge is 2.39. The van der Waals surface area contributed by atoms with Crippen LogP contribution in [0.2, 0.25) is 0 Å². The second kappa shape index (κ2) is 3.67. The summed E-state index contributed by atoms with van der Waals surface area (Å²) in [7, 11) is 0. The fourth-order valence-corrected chi connectivity index (χ4v) is 2.85. The first-order valence-corrected chi connectivity index (χ1v) is 6.18. The van der Waals surface area contributed by atoms with Crippen molar-refractivity contribution in [1.82, 2.24) is 14.6 Å². The van der Waals surface area contributed by atoms with Gasteiger partial charge in [0.2, 0.25) is 0 Å². The monoisotopic (exact) mass is 260 g/mol. The number of morpholine rings is 1. The number of hydrogen-bond acceptors (Lipinski definition) is 5. The average Bonchev–Trinajstić information content (AvgIpc) is 3.12. The van der Waals surface area contributed by atoms with Gasteiger partial charge >= 0.3 is 5.97 Å². The van der Waals surface area contributed by atoms with E-state index < -0.39 is 5.97 Å². The Balaban J connectivity index is 1.79. The van der Waals surface area contributed by atoms with E-state index in [1.54, 1.807) is 6.20 Å². The van der Waals surface area contributed by atoms with Crippen molar-refractivity contribution in [1.29, 1.82) is 0 Å². The lowest BCUT2D eigenvalue weighted by atomic mass is 10.2. The van der Waals surface area contributed by atoms with Crippen molar-refractivity contribution in [3.05, 3.63) is 24.0 Å². The molecule has 0 saturated carbocycles. The normalized spacial score (nSPS) is 25.4. The molecule has 7 nitrogen and oxygen atoms in total. The van der Waals surface area contributed by atoms with Gasteiger partial charge < -0.3 is 14.7 Å². The van der Waals surface area contributed by atoms with Crippen molar-refractivity contribution in [3.8, 4) is 0 Å². The van der Waals surface area contributed by atoms with Gasteiger partial charge in [-0.1, -0.05) is 0 Å². The molecular formula is C12H12N4O3. The summed E-state index contributed by atoms with van der Waals surface area (Å²) in [4.78, 5) is 17.7. The number of aromatic carboxylic acids is 1. The second-order valence-corrected chi connectivity index (χ2v) is 4.91. The zero-order chi connectivity index (χ0) is 13.0. The Labute approximate surface area is 108 Å². The van der Waals surface area contributed by atoms with E-state index in [1.807, 2.05) is 6.07 Å². The van der Waals surface area contributed by atoms with Crippen LogP contribution in [-0.2, 0) is 4.74 Å². The summed E-state index contributed by atoms with van der Waals surface area (Å²) in [6.45, 7) is 1.55. The number of carboxylic acid groups (broad SMARTS) is 1. The molecule has 4 rings (SSSR count). The zero-order valence-electron chi connectivity index (χ0n) is 10.1. The number of carbonyl (C=O) groups is 1. The van der Waals surface area contributed by atoms with Gasteiger partial charge in [-0.15, -0.1) is 0 Å². The molecule has 0 aliphatic carbocycles. The van der Waals surface area contributed by atoms with Gasteiger partial charge in [-0.2, -0.15) is 5.10 Å². The van der Waals surface area contributed by atoms with E-state index in [-0.39, 0.29) is 11.7 Å². The van der Waals surface area contributed by atoms with Gasteiger partial charge in [-0.3, -0.25) is 0 Å². The maximum atomic E-state index is 11.1. The van der Waals surface area contributed by atoms with E-state index in [1.165, 1.54) is 10.7 Å². The van der Waals surface area contributed by atoms with Gasteiger partial charge in [0, 0.05) is 12.7 Å². The smallest absolute Gasteiger partial charge is 0.341 e. The summed E-state index contributed by atoms with van der Waals surface area (Å²) in [5.74, 6) is -0.211. The fourth-order valence-electron chi connectivity index (χ4n) is 2.85. The largest absolute Gasteiger partial charge is 0.477 e. The molecule has 0 amide bonds. The molecule has 19 heavy (non-hydrogen) atoms. The third kappa shape index (κ3) is 1.51. The summed E-state index contributed by atoms with van der Waals surface area (Å²) < 4.78 is 7.04. The minimum absolute atomic E-state index is 0.127. The maximum Gasteiger partial charge on any atom is 0.341 e. The Morgan fingerprint density at radius 2 is 2.42 bits per heavy atom. The molecule has 2 aromatic heterocycles. The van der Waals surface area contributed by atoms with Crippen LogP contribution in [0, 0.1) is 0 Å². The van der Waals surface area contributed by atoms with Crippen molar-refractivity contribution in [2.75, 3.05) is 18.1 Å². The van der Waals surface area contributed by atoms with E-state index in [0.717, 1.165) is 25.4 Å². The lowest BCUT2D eigenvalue weighted by Gasteiger charge is -2.27. The highest BCUT2D eigenvalue weighted by Crippen LogP contribution is 2.31. The van der Waals surface area contributed by atoms with Crippen LogP contribution in [0.1, 0.15) is 16.8 Å². The Morgan fingerprint density at radius 1 is 1.53 bits per heavy atom. The molecule has 2 aliphatic heterocycles. The number of hydrogen-bond donors (Lipinski definition) is 1. The molecule has 0 spiro atoms. The maximum absolute atomic E-state index is 11.1. The van der Waals surface area contributed by atoms with E-state index in [9.17, 15) is 4.79 Å². The number of rotatable bonds is 2. The van der Waals surface area contributed by atoms with Crippen LogP contribution >= 0.6 is 0 Å². The van der Waals surface area contributed by atoms with Gasteiger partial charge in [-0.25, -0.2) is 14.3 Å². The van der Waals surface area contributed by atoms with Crippen molar-refractivity contribution in [2.45, 2.75) is 18.6 Å². The Hall–Kier alpha value is -2.15. The minimum Gasteiger partial charge on any atom is -0.477 e. The van der Waals surface area contributed by atoms with E-state index >= 15 is 0 Å². The Bertz CT molecular complexity index is 668. The number of fused-ring (bicyclic) bond motifs is 3. The summed E-state index contributed by atoms with van der Waals surface area (Å²) in [6.07, 6.45) is 4.38. The first-order valence-electron chi connectivity index (χ1n) is 6.18. The fraction of sp³-hybridized carbons (Fsp3) is 0.417. The molecule has 1 N–H and O–H groups in total. The molecule has 7 heteroatoms. The summed E-state index contributed by atoms with van der Waals surface area (Å²) in [6, 6.07) is 2.22. The molecule has 98 valence electrons. The standard InChI is InChI=1S/C12H12N4O3/c17-12(18)9-4-13-16-2-1-10(14-11(9)16)15-5-8-3-7(15)6-19-8/h1-2,4,7-8H,3,5-6H2,(H,17,18). The zero-order valence-corrected chi connectivity index (χ0v) is 10.1. The third-order valence-corrected chi connectivity index (χ3v) is 3.78. The molecule has 2 bridgehead atoms. The summed E-state index contributed by atoms with van der Waals surface area (Å²) >= 11 is 0. The number of anilines is 1. The first-order chi connectivity index (χ1) is 9.22. The number of nitrogens with zero attached hydrogens (tertiary/aromatic N) is 4. The van der Waals surface area contributed by atoms with Crippen LogP contribution in [0.15, 0.2) is 18.5 Å². The summed E-state index contributed by atoms with van der Waals surface area (Å²) in [5.41, 5.74) is 0.510.